The van der Waals surface area contributed by atoms with E-state index in [0.29, 0.717) is 19.7 Å². The first-order valence-electron chi connectivity index (χ1n) is 13.2. The van der Waals surface area contributed by atoms with Crippen molar-refractivity contribution in [2.75, 3.05) is 46.9 Å². The van der Waals surface area contributed by atoms with Crippen LogP contribution in [0.5, 0.6) is 0 Å². The largest absolute Gasteiger partial charge is 0.480 e. The average molecular weight is 457 g/mol. The fraction of sp³-hybridized carbons (Fsp3) is 0.923. The number of carboxylic acid groups (broad SMARTS) is 1. The summed E-state index contributed by atoms with van der Waals surface area (Å²) in [5, 5.41) is 8.74. The first kappa shape index (κ1) is 30.9. The molecule has 0 fully saturated rings. The molecule has 0 spiro atoms. The Kier molecular flexibility index (Phi) is 22.2. The quantitative estimate of drug-likeness (QED) is 0.147. The van der Waals surface area contributed by atoms with Crippen molar-refractivity contribution in [3.8, 4) is 0 Å². The molecule has 0 saturated heterocycles. The van der Waals surface area contributed by atoms with E-state index in [1.165, 1.54) is 89.9 Å². The predicted octanol–water partition coefficient (Wildman–Crippen LogP) is 5.74. The van der Waals surface area contributed by atoms with Gasteiger partial charge in [-0.05, 0) is 20.5 Å². The molecule has 0 saturated carbocycles. The molecule has 0 aliphatic heterocycles. The maximum atomic E-state index is 11.9. The number of aliphatic carboxylic acids is 1. The highest BCUT2D eigenvalue weighted by atomic mass is 16.5. The molecule has 0 atom stereocenters. The molecule has 0 heterocycles. The van der Waals surface area contributed by atoms with Crippen LogP contribution >= 0.6 is 0 Å². The van der Waals surface area contributed by atoms with Crippen LogP contribution in [-0.2, 0) is 14.3 Å². The van der Waals surface area contributed by atoms with Gasteiger partial charge in [-0.1, -0.05) is 103 Å². The van der Waals surface area contributed by atoms with Crippen LogP contribution in [0.1, 0.15) is 110 Å². The number of unbranched alkanes of at least 4 members (excludes halogenated alkanes) is 15. The van der Waals surface area contributed by atoms with Gasteiger partial charge >= 0.3 is 11.9 Å². The molecule has 0 aliphatic rings. The second-order valence-corrected chi connectivity index (χ2v) is 9.39. The van der Waals surface area contributed by atoms with Crippen molar-refractivity contribution >= 4 is 11.9 Å². The van der Waals surface area contributed by atoms with Crippen molar-refractivity contribution in [2.24, 2.45) is 0 Å². The predicted molar refractivity (Wildman–Crippen MR) is 133 cm³/mol. The van der Waals surface area contributed by atoms with Gasteiger partial charge in [0.15, 0.2) is 0 Å². The van der Waals surface area contributed by atoms with Gasteiger partial charge in [-0.3, -0.25) is 19.4 Å². The van der Waals surface area contributed by atoms with E-state index in [4.69, 9.17) is 9.84 Å². The summed E-state index contributed by atoms with van der Waals surface area (Å²) in [4.78, 5) is 26.1. The van der Waals surface area contributed by atoms with Crippen molar-refractivity contribution in [1.82, 2.24) is 9.80 Å². The number of hydrogen-bond donors (Lipinski definition) is 1. The highest BCUT2D eigenvalue weighted by molar-refractivity contribution is 5.71. The lowest BCUT2D eigenvalue weighted by Gasteiger charge is -2.20. The summed E-state index contributed by atoms with van der Waals surface area (Å²) in [6.07, 6.45) is 21.3. The van der Waals surface area contributed by atoms with Crippen molar-refractivity contribution in [3.05, 3.63) is 0 Å². The number of ether oxygens (including phenoxy) is 1. The van der Waals surface area contributed by atoms with E-state index in [9.17, 15) is 9.59 Å². The zero-order valence-electron chi connectivity index (χ0n) is 21.4. The maximum Gasteiger partial charge on any atom is 0.320 e. The fourth-order valence-electron chi connectivity index (χ4n) is 3.83. The summed E-state index contributed by atoms with van der Waals surface area (Å²) >= 11 is 0. The van der Waals surface area contributed by atoms with Crippen LogP contribution < -0.4 is 0 Å². The van der Waals surface area contributed by atoms with E-state index in [0.717, 1.165) is 12.8 Å². The van der Waals surface area contributed by atoms with Crippen molar-refractivity contribution in [2.45, 2.75) is 110 Å². The summed E-state index contributed by atoms with van der Waals surface area (Å²) in [5.41, 5.74) is 0. The molecule has 0 aliphatic carbocycles. The number of rotatable bonds is 24. The summed E-state index contributed by atoms with van der Waals surface area (Å²) in [5.74, 6) is -1.04. The topological polar surface area (TPSA) is 70.1 Å². The van der Waals surface area contributed by atoms with Gasteiger partial charge in [-0.2, -0.15) is 0 Å². The summed E-state index contributed by atoms with van der Waals surface area (Å²) in [6.45, 7) is 4.28. The molecule has 32 heavy (non-hydrogen) atoms. The van der Waals surface area contributed by atoms with Gasteiger partial charge in [0, 0.05) is 13.1 Å². The van der Waals surface area contributed by atoms with E-state index in [2.05, 4.69) is 6.92 Å². The Morgan fingerprint density at radius 3 is 1.41 bits per heavy atom. The third-order valence-electron chi connectivity index (χ3n) is 5.93. The van der Waals surface area contributed by atoms with Crippen LogP contribution in [0, 0.1) is 0 Å². The number of esters is 1. The summed E-state index contributed by atoms with van der Waals surface area (Å²) in [7, 11) is 3.61. The molecule has 190 valence electrons. The molecule has 0 radical (unpaired) electrons. The molecule has 0 aromatic rings. The molecule has 0 aromatic heterocycles. The molecular formula is C26H52N2O4. The van der Waals surface area contributed by atoms with Gasteiger partial charge in [0.05, 0.1) is 19.7 Å². The molecule has 0 rings (SSSR count). The molecule has 1 N–H and O–H groups in total. The van der Waals surface area contributed by atoms with Crippen LogP contribution in [0.25, 0.3) is 0 Å². The third kappa shape index (κ3) is 23.5. The van der Waals surface area contributed by atoms with E-state index in [1.54, 1.807) is 11.9 Å². The second kappa shape index (κ2) is 23.0. The zero-order chi connectivity index (χ0) is 23.9. The Morgan fingerprint density at radius 1 is 0.625 bits per heavy atom. The van der Waals surface area contributed by atoms with Crippen LogP contribution in [0.2, 0.25) is 0 Å². The van der Waals surface area contributed by atoms with Gasteiger partial charge < -0.3 is 9.84 Å². The summed E-state index contributed by atoms with van der Waals surface area (Å²) < 4.78 is 5.31. The minimum Gasteiger partial charge on any atom is -0.480 e. The van der Waals surface area contributed by atoms with Crippen LogP contribution in [-0.4, -0.2) is 73.7 Å². The van der Waals surface area contributed by atoms with E-state index in [1.807, 2.05) is 11.9 Å². The lowest BCUT2D eigenvalue weighted by Crippen LogP contribution is -2.36. The highest BCUT2D eigenvalue weighted by Gasteiger charge is 2.10. The molecule has 6 nitrogen and oxygen atoms in total. The maximum absolute atomic E-state index is 11.9. The zero-order valence-corrected chi connectivity index (χ0v) is 21.4. The number of carbonyl (C=O) groups is 2. The highest BCUT2D eigenvalue weighted by Crippen LogP contribution is 2.13. The number of hydrogen-bond acceptors (Lipinski definition) is 5. The van der Waals surface area contributed by atoms with Crippen LogP contribution in [0.4, 0.5) is 0 Å². The Hall–Kier alpha value is -1.14. The second-order valence-electron chi connectivity index (χ2n) is 9.39. The average Bonchev–Trinajstić information content (AvgIpc) is 2.74. The van der Waals surface area contributed by atoms with Crippen LogP contribution in [0.15, 0.2) is 0 Å². The van der Waals surface area contributed by atoms with Crippen molar-refractivity contribution in [1.29, 1.82) is 0 Å². The number of carboxylic acids is 1. The van der Waals surface area contributed by atoms with Crippen LogP contribution in [0.3, 0.4) is 0 Å². The molecule has 6 heteroatoms. The van der Waals surface area contributed by atoms with Crippen molar-refractivity contribution in [3.63, 3.8) is 0 Å². The SMILES string of the molecule is CCCCCCCCCCCCCCCCCCOC(=O)CN(C)CCN(C)CC(=O)O. The monoisotopic (exact) mass is 456 g/mol. The Bertz CT molecular complexity index is 446. The summed E-state index contributed by atoms with van der Waals surface area (Å²) in [6, 6.07) is 0. The fourth-order valence-corrected chi connectivity index (χ4v) is 3.83. The van der Waals surface area contributed by atoms with Gasteiger partial charge in [0.25, 0.3) is 0 Å². The van der Waals surface area contributed by atoms with Gasteiger partial charge in [-0.25, -0.2) is 0 Å². The Labute approximate surface area is 198 Å². The number of likely N-dealkylation sites (N-methyl/N-ethyl adjacent to an activating group) is 2. The lowest BCUT2D eigenvalue weighted by atomic mass is 10.0. The minimum absolute atomic E-state index is 0.0114. The van der Waals surface area contributed by atoms with E-state index >= 15 is 0 Å². The Balaban J connectivity index is 3.32. The third-order valence-corrected chi connectivity index (χ3v) is 5.93. The standard InChI is InChI=1S/C26H52N2O4/c1-4-5-6-7-8-9-10-11-12-13-14-15-16-17-18-19-22-32-26(31)24-28(3)21-20-27(2)23-25(29)30/h4-24H2,1-3H3,(H,29,30). The lowest BCUT2D eigenvalue weighted by molar-refractivity contribution is -0.145. The van der Waals surface area contributed by atoms with Gasteiger partial charge in [-0.15, -0.1) is 0 Å². The first-order chi connectivity index (χ1) is 15.5. The van der Waals surface area contributed by atoms with E-state index < -0.39 is 5.97 Å². The molecule has 0 amide bonds. The Morgan fingerprint density at radius 2 is 1.00 bits per heavy atom. The minimum atomic E-state index is -0.839. The molecular weight excluding hydrogens is 404 g/mol. The van der Waals surface area contributed by atoms with Crippen molar-refractivity contribution < 1.29 is 19.4 Å². The van der Waals surface area contributed by atoms with E-state index in [-0.39, 0.29) is 19.1 Å². The van der Waals surface area contributed by atoms with Gasteiger partial charge in [0.2, 0.25) is 0 Å². The number of carbonyl (C=O) groups excluding carboxylic acids is 1. The number of nitrogens with zero attached hydrogens (tertiary/aromatic N) is 2. The molecule has 0 aromatic carbocycles. The normalized spacial score (nSPS) is 11.4. The molecule has 0 bridgehead atoms. The first-order valence-corrected chi connectivity index (χ1v) is 13.2. The van der Waals surface area contributed by atoms with Gasteiger partial charge in [0.1, 0.15) is 0 Å². The smallest absolute Gasteiger partial charge is 0.320 e. The molecule has 0 unspecified atom stereocenters.